The number of nitrogens with one attached hydrogen (secondary N) is 1. The fourth-order valence-corrected chi connectivity index (χ4v) is 3.75. The lowest BCUT2D eigenvalue weighted by Crippen LogP contribution is -2.43. The minimum Gasteiger partial charge on any atom is -0.354 e. The van der Waals surface area contributed by atoms with E-state index in [-0.39, 0.29) is 6.03 Å². The lowest BCUT2D eigenvalue weighted by molar-refractivity contribution is 0.151. The van der Waals surface area contributed by atoms with Gasteiger partial charge < -0.3 is 15.1 Å². The van der Waals surface area contributed by atoms with Gasteiger partial charge in [0.05, 0.1) is 12.2 Å². The van der Waals surface area contributed by atoms with Crippen LogP contribution in [0, 0.1) is 5.92 Å². The Morgan fingerprint density at radius 3 is 2.73 bits per heavy atom. The van der Waals surface area contributed by atoms with Crippen molar-refractivity contribution in [2.45, 2.75) is 32.4 Å². The smallest absolute Gasteiger partial charge is 0.320 e. The molecule has 0 radical (unpaired) electrons. The van der Waals surface area contributed by atoms with Gasteiger partial charge in [0.25, 0.3) is 0 Å². The Morgan fingerprint density at radius 2 is 1.92 bits per heavy atom. The van der Waals surface area contributed by atoms with Gasteiger partial charge in [0.15, 0.2) is 0 Å². The normalized spacial score (nSPS) is 19.9. The molecule has 2 aliphatic heterocycles. The van der Waals surface area contributed by atoms with Crippen LogP contribution in [-0.2, 0) is 13.1 Å². The molecule has 0 unspecified atom stereocenters. The zero-order valence-electron chi connectivity index (χ0n) is 14.9. The molecule has 2 aliphatic rings. The van der Waals surface area contributed by atoms with Crippen molar-refractivity contribution < 1.29 is 4.79 Å². The van der Waals surface area contributed by atoms with Crippen molar-refractivity contribution in [3.05, 3.63) is 36.4 Å². The molecule has 1 fully saturated rings. The van der Waals surface area contributed by atoms with Crippen LogP contribution < -0.4 is 5.32 Å². The van der Waals surface area contributed by atoms with E-state index in [1.54, 1.807) is 18.5 Å². The van der Waals surface area contributed by atoms with Crippen molar-refractivity contribution in [3.63, 3.8) is 0 Å². The minimum absolute atomic E-state index is 0.168. The monoisotopic (exact) mass is 355 g/mol. The van der Waals surface area contributed by atoms with Gasteiger partial charge in [-0.2, -0.15) is 5.10 Å². The molecular weight excluding hydrogens is 330 g/mol. The van der Waals surface area contributed by atoms with E-state index in [0.29, 0.717) is 18.4 Å². The summed E-state index contributed by atoms with van der Waals surface area (Å²) in [4.78, 5) is 25.3. The van der Waals surface area contributed by atoms with E-state index in [4.69, 9.17) is 0 Å². The van der Waals surface area contributed by atoms with Gasteiger partial charge in [0.1, 0.15) is 0 Å². The van der Waals surface area contributed by atoms with E-state index < -0.39 is 0 Å². The molecule has 0 spiro atoms. The molecule has 1 saturated heterocycles. The standard InChI is InChI=1S/C18H25N7O/c26-18(23-10-1-2-11-23)24-12-15(13-25-16(14-24)5-9-22-25)4-8-21-17-19-6-3-7-20-17/h3,5-7,9,15H,1-2,4,8,10-14H2,(H,19,20,21)/t15-/m1/s1. The lowest BCUT2D eigenvalue weighted by Gasteiger charge is -2.28. The van der Waals surface area contributed by atoms with Crippen LogP contribution in [0.2, 0.25) is 0 Å². The van der Waals surface area contributed by atoms with Gasteiger partial charge in [0.2, 0.25) is 5.95 Å². The summed E-state index contributed by atoms with van der Waals surface area (Å²) in [5.41, 5.74) is 1.11. The highest BCUT2D eigenvalue weighted by Gasteiger charge is 2.29. The molecule has 0 bridgehead atoms. The summed E-state index contributed by atoms with van der Waals surface area (Å²) in [6.45, 7) is 4.77. The van der Waals surface area contributed by atoms with Crippen molar-refractivity contribution in [1.82, 2.24) is 29.5 Å². The number of likely N-dealkylation sites (tertiary alicyclic amines) is 1. The highest BCUT2D eigenvalue weighted by atomic mass is 16.2. The summed E-state index contributed by atoms with van der Waals surface area (Å²) >= 11 is 0. The first-order valence-electron chi connectivity index (χ1n) is 9.35. The number of aromatic nitrogens is 4. The Morgan fingerprint density at radius 1 is 1.12 bits per heavy atom. The van der Waals surface area contributed by atoms with E-state index in [1.165, 1.54) is 0 Å². The highest BCUT2D eigenvalue weighted by molar-refractivity contribution is 5.74. The Hall–Kier alpha value is -2.64. The fraction of sp³-hybridized carbons (Fsp3) is 0.556. The van der Waals surface area contributed by atoms with E-state index >= 15 is 0 Å². The second kappa shape index (κ2) is 7.72. The summed E-state index contributed by atoms with van der Waals surface area (Å²) < 4.78 is 2.04. The number of hydrogen-bond acceptors (Lipinski definition) is 5. The number of nitrogens with zero attached hydrogens (tertiary/aromatic N) is 6. The third-order valence-corrected chi connectivity index (χ3v) is 5.12. The summed E-state index contributed by atoms with van der Waals surface area (Å²) in [6.07, 6.45) is 8.44. The molecule has 138 valence electrons. The minimum atomic E-state index is 0.168. The third-order valence-electron chi connectivity index (χ3n) is 5.12. The van der Waals surface area contributed by atoms with Crippen molar-refractivity contribution in [3.8, 4) is 0 Å². The molecule has 0 saturated carbocycles. The molecule has 1 N–H and O–H groups in total. The van der Waals surface area contributed by atoms with Gasteiger partial charge in [-0.15, -0.1) is 0 Å². The van der Waals surface area contributed by atoms with Gasteiger partial charge in [-0.3, -0.25) is 4.68 Å². The average Bonchev–Trinajstić information content (AvgIpc) is 3.31. The van der Waals surface area contributed by atoms with E-state index in [0.717, 1.165) is 57.7 Å². The maximum atomic E-state index is 12.9. The topological polar surface area (TPSA) is 79.2 Å². The zero-order valence-corrected chi connectivity index (χ0v) is 14.9. The first-order chi connectivity index (χ1) is 12.8. The summed E-state index contributed by atoms with van der Waals surface area (Å²) in [7, 11) is 0. The SMILES string of the molecule is O=C(N1CCCC1)N1Cc2ccnn2C[C@H](CCNc2ncccn2)C1. The number of rotatable bonds is 4. The van der Waals surface area contributed by atoms with Crippen molar-refractivity contribution >= 4 is 12.0 Å². The summed E-state index contributed by atoms with van der Waals surface area (Å²) in [5, 5.41) is 7.71. The van der Waals surface area contributed by atoms with Crippen LogP contribution in [0.4, 0.5) is 10.7 Å². The summed E-state index contributed by atoms with van der Waals surface area (Å²) in [6, 6.07) is 3.99. The van der Waals surface area contributed by atoms with Crippen LogP contribution >= 0.6 is 0 Å². The molecule has 4 heterocycles. The van der Waals surface area contributed by atoms with E-state index in [2.05, 4.69) is 20.4 Å². The van der Waals surface area contributed by atoms with E-state index in [1.807, 2.05) is 26.7 Å². The van der Waals surface area contributed by atoms with Crippen molar-refractivity contribution in [2.75, 3.05) is 31.5 Å². The van der Waals surface area contributed by atoms with Crippen molar-refractivity contribution in [2.24, 2.45) is 5.92 Å². The highest BCUT2D eigenvalue weighted by Crippen LogP contribution is 2.21. The quantitative estimate of drug-likeness (QED) is 0.905. The Bertz CT molecular complexity index is 726. The zero-order chi connectivity index (χ0) is 17.8. The van der Waals surface area contributed by atoms with Gasteiger partial charge in [-0.05, 0) is 37.3 Å². The first kappa shape index (κ1) is 16.8. The van der Waals surface area contributed by atoms with E-state index in [9.17, 15) is 4.79 Å². The molecule has 2 amide bonds. The number of hydrogen-bond donors (Lipinski definition) is 1. The number of amides is 2. The molecule has 1 atom stereocenters. The third kappa shape index (κ3) is 3.79. The van der Waals surface area contributed by atoms with Crippen LogP contribution in [0.3, 0.4) is 0 Å². The molecule has 4 rings (SSSR count). The Kier molecular flexibility index (Phi) is 4.99. The Balaban J connectivity index is 1.41. The van der Waals surface area contributed by atoms with Crippen LogP contribution in [0.15, 0.2) is 30.7 Å². The maximum Gasteiger partial charge on any atom is 0.320 e. The molecule has 2 aromatic rings. The lowest BCUT2D eigenvalue weighted by atomic mass is 10.1. The van der Waals surface area contributed by atoms with Crippen LogP contribution in [0.5, 0.6) is 0 Å². The molecule has 8 nitrogen and oxygen atoms in total. The second-order valence-electron chi connectivity index (χ2n) is 7.02. The molecule has 8 heteroatoms. The molecule has 0 aromatic carbocycles. The predicted molar refractivity (Wildman–Crippen MR) is 97.5 cm³/mol. The molecule has 26 heavy (non-hydrogen) atoms. The number of urea groups is 1. The number of fused-ring (bicyclic) bond motifs is 1. The van der Waals surface area contributed by atoms with Gasteiger partial charge in [-0.25, -0.2) is 14.8 Å². The van der Waals surface area contributed by atoms with Crippen LogP contribution in [-0.4, -0.2) is 61.8 Å². The molecule has 0 aliphatic carbocycles. The first-order valence-corrected chi connectivity index (χ1v) is 9.35. The average molecular weight is 355 g/mol. The number of anilines is 1. The molecular formula is C18H25N7O. The second-order valence-corrected chi connectivity index (χ2v) is 7.02. The largest absolute Gasteiger partial charge is 0.354 e. The number of carbonyl (C=O) groups excluding carboxylic acids is 1. The maximum absolute atomic E-state index is 12.9. The van der Waals surface area contributed by atoms with Crippen LogP contribution in [0.25, 0.3) is 0 Å². The molecule has 2 aromatic heterocycles. The van der Waals surface area contributed by atoms with Gasteiger partial charge in [0, 0.05) is 51.3 Å². The predicted octanol–water partition coefficient (Wildman–Crippen LogP) is 1.82. The summed E-state index contributed by atoms with van der Waals surface area (Å²) in [5.74, 6) is 0.991. The number of carbonyl (C=O) groups is 1. The fourth-order valence-electron chi connectivity index (χ4n) is 3.75. The Labute approximate surface area is 153 Å². The van der Waals surface area contributed by atoms with Gasteiger partial charge >= 0.3 is 6.03 Å². The van der Waals surface area contributed by atoms with Crippen molar-refractivity contribution in [1.29, 1.82) is 0 Å². The van der Waals surface area contributed by atoms with Gasteiger partial charge in [-0.1, -0.05) is 0 Å². The van der Waals surface area contributed by atoms with Crippen LogP contribution in [0.1, 0.15) is 25.0 Å².